The quantitative estimate of drug-likeness (QED) is 0.751. The van der Waals surface area contributed by atoms with E-state index in [2.05, 4.69) is 10.3 Å². The number of carboxylic acids is 1. The molecule has 0 saturated heterocycles. The van der Waals surface area contributed by atoms with E-state index in [9.17, 15) is 9.59 Å². The summed E-state index contributed by atoms with van der Waals surface area (Å²) >= 11 is 0. The summed E-state index contributed by atoms with van der Waals surface area (Å²) in [5, 5.41) is 11.0. The van der Waals surface area contributed by atoms with Crippen LogP contribution in [0, 0.1) is 6.92 Å². The number of nitrogens with one attached hydrogen (secondary N) is 1. The van der Waals surface area contributed by atoms with Gasteiger partial charge in [0.2, 0.25) is 0 Å². The number of benzene rings is 1. The number of aliphatic carboxylic acids is 1. The van der Waals surface area contributed by atoms with Crippen molar-refractivity contribution in [3.63, 3.8) is 0 Å². The second-order valence-corrected chi connectivity index (χ2v) is 4.48. The van der Waals surface area contributed by atoms with Crippen molar-refractivity contribution in [2.24, 2.45) is 0 Å². The first-order valence-electron chi connectivity index (χ1n) is 6.68. The van der Waals surface area contributed by atoms with Gasteiger partial charge in [-0.3, -0.25) is 4.79 Å². The van der Waals surface area contributed by atoms with Crippen molar-refractivity contribution in [2.75, 3.05) is 19.8 Å². The summed E-state index contributed by atoms with van der Waals surface area (Å²) in [7, 11) is 0. The minimum Gasteiger partial charge on any atom is -0.480 e. The van der Waals surface area contributed by atoms with E-state index in [-0.39, 0.29) is 18.8 Å². The molecule has 1 amide bonds. The highest BCUT2D eigenvalue weighted by Gasteiger charge is 2.19. The number of oxazole rings is 1. The standard InChI is InChI=1S/C15H16N2O5/c1-10-17-13(14(22-10)11-5-3-2-4-6-11)15(20)16-7-8-21-9-12(18)19/h2-6H,7-9H2,1H3,(H,16,20)(H,18,19). The first-order chi connectivity index (χ1) is 10.6. The molecule has 0 fully saturated rings. The van der Waals surface area contributed by atoms with E-state index in [1.807, 2.05) is 30.3 Å². The van der Waals surface area contributed by atoms with E-state index < -0.39 is 18.5 Å². The molecule has 7 nitrogen and oxygen atoms in total. The predicted molar refractivity (Wildman–Crippen MR) is 77.5 cm³/mol. The van der Waals surface area contributed by atoms with Crippen molar-refractivity contribution in [2.45, 2.75) is 6.92 Å². The van der Waals surface area contributed by atoms with Gasteiger partial charge in [-0.25, -0.2) is 9.78 Å². The molecule has 0 aliphatic heterocycles. The van der Waals surface area contributed by atoms with Crippen molar-refractivity contribution in [3.8, 4) is 11.3 Å². The van der Waals surface area contributed by atoms with Crippen LogP contribution in [0.25, 0.3) is 11.3 Å². The molecular formula is C15H16N2O5. The fraction of sp³-hybridized carbons (Fsp3) is 0.267. The number of ether oxygens (including phenoxy) is 1. The Hall–Kier alpha value is -2.67. The van der Waals surface area contributed by atoms with Crippen molar-refractivity contribution < 1.29 is 23.8 Å². The van der Waals surface area contributed by atoms with Gasteiger partial charge < -0.3 is 19.6 Å². The average Bonchev–Trinajstić information content (AvgIpc) is 2.89. The lowest BCUT2D eigenvalue weighted by Crippen LogP contribution is -2.28. The third-order valence-electron chi connectivity index (χ3n) is 2.74. The van der Waals surface area contributed by atoms with E-state index >= 15 is 0 Å². The molecule has 2 aromatic rings. The fourth-order valence-corrected chi connectivity index (χ4v) is 1.85. The minimum atomic E-state index is -1.05. The van der Waals surface area contributed by atoms with Crippen LogP contribution in [0.15, 0.2) is 34.7 Å². The molecule has 2 rings (SSSR count). The molecule has 2 N–H and O–H groups in total. The van der Waals surface area contributed by atoms with Crippen LogP contribution < -0.4 is 5.32 Å². The highest BCUT2D eigenvalue weighted by Crippen LogP contribution is 2.24. The second kappa shape index (κ2) is 7.37. The summed E-state index contributed by atoms with van der Waals surface area (Å²) in [6.45, 7) is 1.56. The zero-order valence-corrected chi connectivity index (χ0v) is 12.0. The number of nitrogens with zero attached hydrogens (tertiary/aromatic N) is 1. The van der Waals surface area contributed by atoms with Crippen LogP contribution in [0.5, 0.6) is 0 Å². The van der Waals surface area contributed by atoms with Gasteiger partial charge in [0.15, 0.2) is 17.3 Å². The third-order valence-corrected chi connectivity index (χ3v) is 2.74. The molecule has 1 heterocycles. The lowest BCUT2D eigenvalue weighted by atomic mass is 10.1. The second-order valence-electron chi connectivity index (χ2n) is 4.48. The van der Waals surface area contributed by atoms with Gasteiger partial charge in [0.05, 0.1) is 6.61 Å². The van der Waals surface area contributed by atoms with Gasteiger partial charge in [-0.15, -0.1) is 0 Å². The summed E-state index contributed by atoms with van der Waals surface area (Å²) in [5.74, 6) is -0.646. The Labute approximate surface area is 126 Å². The molecule has 0 unspecified atom stereocenters. The maximum absolute atomic E-state index is 12.1. The number of carbonyl (C=O) groups excluding carboxylic acids is 1. The van der Waals surface area contributed by atoms with Crippen LogP contribution in [-0.2, 0) is 9.53 Å². The van der Waals surface area contributed by atoms with Gasteiger partial charge in [-0.1, -0.05) is 30.3 Å². The number of aryl methyl sites for hydroxylation is 1. The summed E-state index contributed by atoms with van der Waals surface area (Å²) in [6, 6.07) is 9.20. The number of rotatable bonds is 7. The van der Waals surface area contributed by atoms with E-state index in [1.165, 1.54) is 0 Å². The van der Waals surface area contributed by atoms with Gasteiger partial charge in [0.1, 0.15) is 6.61 Å². The lowest BCUT2D eigenvalue weighted by Gasteiger charge is -2.04. The van der Waals surface area contributed by atoms with Gasteiger partial charge in [0.25, 0.3) is 5.91 Å². The van der Waals surface area contributed by atoms with Crippen molar-refractivity contribution in [1.29, 1.82) is 0 Å². The highest BCUT2D eigenvalue weighted by molar-refractivity contribution is 5.97. The fourth-order valence-electron chi connectivity index (χ4n) is 1.85. The molecule has 0 saturated carbocycles. The largest absolute Gasteiger partial charge is 0.480 e. The smallest absolute Gasteiger partial charge is 0.329 e. The molecular weight excluding hydrogens is 288 g/mol. The molecule has 0 aliphatic rings. The van der Waals surface area contributed by atoms with Crippen molar-refractivity contribution in [3.05, 3.63) is 41.9 Å². The van der Waals surface area contributed by atoms with E-state index in [1.54, 1.807) is 6.92 Å². The van der Waals surface area contributed by atoms with Gasteiger partial charge in [-0.2, -0.15) is 0 Å². The highest BCUT2D eigenvalue weighted by atomic mass is 16.5. The lowest BCUT2D eigenvalue weighted by molar-refractivity contribution is -0.142. The maximum atomic E-state index is 12.1. The number of hydrogen-bond donors (Lipinski definition) is 2. The maximum Gasteiger partial charge on any atom is 0.329 e. The number of carboxylic acid groups (broad SMARTS) is 1. The first-order valence-corrected chi connectivity index (χ1v) is 6.68. The number of carbonyl (C=O) groups is 2. The van der Waals surface area contributed by atoms with Crippen LogP contribution in [0.2, 0.25) is 0 Å². The average molecular weight is 304 g/mol. The van der Waals surface area contributed by atoms with Gasteiger partial charge >= 0.3 is 5.97 Å². The third kappa shape index (κ3) is 4.16. The number of amides is 1. The van der Waals surface area contributed by atoms with Crippen LogP contribution in [0.4, 0.5) is 0 Å². The minimum absolute atomic E-state index is 0.107. The Morgan fingerprint density at radius 2 is 2.05 bits per heavy atom. The molecule has 1 aromatic heterocycles. The van der Waals surface area contributed by atoms with Crippen LogP contribution in [-0.4, -0.2) is 41.7 Å². The van der Waals surface area contributed by atoms with Crippen LogP contribution in [0.1, 0.15) is 16.4 Å². The van der Waals surface area contributed by atoms with Crippen molar-refractivity contribution in [1.82, 2.24) is 10.3 Å². The molecule has 0 radical (unpaired) electrons. The Balaban J connectivity index is 2.00. The zero-order valence-electron chi connectivity index (χ0n) is 12.0. The van der Waals surface area contributed by atoms with E-state index in [0.717, 1.165) is 5.56 Å². The van der Waals surface area contributed by atoms with Crippen LogP contribution in [0.3, 0.4) is 0 Å². The van der Waals surface area contributed by atoms with Crippen molar-refractivity contribution >= 4 is 11.9 Å². The molecule has 1 aromatic carbocycles. The molecule has 7 heteroatoms. The Kier molecular flexibility index (Phi) is 5.26. The predicted octanol–water partition coefficient (Wildman–Crippen LogP) is 1.48. The summed E-state index contributed by atoms with van der Waals surface area (Å²) in [4.78, 5) is 26.5. The van der Waals surface area contributed by atoms with E-state index in [4.69, 9.17) is 14.3 Å². The molecule has 0 spiro atoms. The molecule has 0 atom stereocenters. The van der Waals surface area contributed by atoms with Gasteiger partial charge in [0, 0.05) is 19.0 Å². The Bertz CT molecular complexity index is 651. The summed E-state index contributed by atoms with van der Waals surface area (Å²) < 4.78 is 10.3. The SMILES string of the molecule is Cc1nc(C(=O)NCCOCC(=O)O)c(-c2ccccc2)o1. The first kappa shape index (κ1) is 15.7. The molecule has 22 heavy (non-hydrogen) atoms. The molecule has 116 valence electrons. The molecule has 0 bridgehead atoms. The zero-order chi connectivity index (χ0) is 15.9. The summed E-state index contributed by atoms with van der Waals surface area (Å²) in [6.07, 6.45) is 0. The summed E-state index contributed by atoms with van der Waals surface area (Å²) in [5.41, 5.74) is 0.956. The van der Waals surface area contributed by atoms with E-state index in [0.29, 0.717) is 11.7 Å². The van der Waals surface area contributed by atoms with Crippen LogP contribution >= 0.6 is 0 Å². The normalized spacial score (nSPS) is 10.4. The number of hydrogen-bond acceptors (Lipinski definition) is 5. The molecule has 0 aliphatic carbocycles. The topological polar surface area (TPSA) is 102 Å². The Morgan fingerprint density at radius 3 is 2.73 bits per heavy atom. The number of aromatic nitrogens is 1. The Morgan fingerprint density at radius 1 is 1.32 bits per heavy atom. The van der Waals surface area contributed by atoms with Gasteiger partial charge in [-0.05, 0) is 0 Å². The monoisotopic (exact) mass is 304 g/mol.